The first-order chi connectivity index (χ1) is 7.43. The van der Waals surface area contributed by atoms with E-state index in [4.69, 9.17) is 4.74 Å². The number of hydrogen-bond donors (Lipinski definition) is 1. The van der Waals surface area contributed by atoms with Crippen molar-refractivity contribution in [2.45, 2.75) is 39.0 Å². The van der Waals surface area contributed by atoms with Crippen molar-refractivity contribution in [1.29, 1.82) is 0 Å². The van der Waals surface area contributed by atoms with Gasteiger partial charge in [-0.3, -0.25) is 0 Å². The summed E-state index contributed by atoms with van der Waals surface area (Å²) in [4.78, 5) is 0. The molecule has 0 bridgehead atoms. The monoisotopic (exact) mass is 229 g/mol. The molecule has 0 radical (unpaired) electrons. The van der Waals surface area contributed by atoms with Crippen molar-refractivity contribution in [2.75, 3.05) is 24.8 Å². The number of thioether (sulfide) groups is 1. The minimum absolute atomic E-state index is 0.920. The van der Waals surface area contributed by atoms with Crippen molar-refractivity contribution < 1.29 is 4.74 Å². The molecule has 0 fully saturated rings. The molecule has 15 heavy (non-hydrogen) atoms. The molecule has 0 saturated heterocycles. The molecule has 0 spiro atoms. The van der Waals surface area contributed by atoms with E-state index in [2.05, 4.69) is 18.3 Å². The molecule has 0 aromatic rings. The lowest BCUT2D eigenvalue weighted by Crippen LogP contribution is -2.11. The number of ether oxygens (including phenoxy) is 1. The van der Waals surface area contributed by atoms with E-state index in [1.807, 2.05) is 11.8 Å². The third-order valence-corrected chi connectivity index (χ3v) is 3.36. The van der Waals surface area contributed by atoms with Gasteiger partial charge in [0.05, 0.1) is 12.4 Å². The lowest BCUT2D eigenvalue weighted by atomic mass is 10.1. The highest BCUT2D eigenvalue weighted by Crippen LogP contribution is 2.15. The van der Waals surface area contributed by atoms with Crippen LogP contribution in [0.15, 0.2) is 11.8 Å². The molecule has 0 aromatic heterocycles. The fourth-order valence-corrected chi connectivity index (χ4v) is 2.38. The lowest BCUT2D eigenvalue weighted by molar-refractivity contribution is 0.192. The normalized spacial score (nSPS) is 17.5. The van der Waals surface area contributed by atoms with E-state index >= 15 is 0 Å². The molecule has 88 valence electrons. The van der Waals surface area contributed by atoms with Crippen LogP contribution in [0.4, 0.5) is 0 Å². The Balaban J connectivity index is 2.07. The Hall–Kier alpha value is -0.150. The zero-order chi connectivity index (χ0) is 10.8. The fraction of sp³-hybridized carbons (Fsp3) is 0.833. The third kappa shape index (κ3) is 6.85. The lowest BCUT2D eigenvalue weighted by Gasteiger charge is -2.13. The maximum Gasteiger partial charge on any atom is 0.0928 e. The molecule has 0 aliphatic carbocycles. The predicted octanol–water partition coefficient (Wildman–Crippen LogP) is 3.15. The zero-order valence-corrected chi connectivity index (χ0v) is 10.6. The van der Waals surface area contributed by atoms with Gasteiger partial charge in [0.25, 0.3) is 0 Å². The maximum atomic E-state index is 5.72. The summed E-state index contributed by atoms with van der Waals surface area (Å²) < 4.78 is 5.72. The van der Waals surface area contributed by atoms with E-state index in [1.54, 1.807) is 0 Å². The summed E-state index contributed by atoms with van der Waals surface area (Å²) in [6.07, 6.45) is 8.45. The van der Waals surface area contributed by atoms with Gasteiger partial charge in [0.15, 0.2) is 0 Å². The third-order valence-electron chi connectivity index (χ3n) is 2.45. The average molecular weight is 229 g/mol. The smallest absolute Gasteiger partial charge is 0.0928 e. The molecule has 0 aromatic carbocycles. The Kier molecular flexibility index (Phi) is 7.84. The van der Waals surface area contributed by atoms with Gasteiger partial charge in [-0.15, -0.1) is 11.8 Å². The van der Waals surface area contributed by atoms with Gasteiger partial charge >= 0.3 is 0 Å². The van der Waals surface area contributed by atoms with Gasteiger partial charge in [-0.25, -0.2) is 0 Å². The van der Waals surface area contributed by atoms with Crippen LogP contribution in [0.2, 0.25) is 0 Å². The van der Waals surface area contributed by atoms with Crippen LogP contribution < -0.4 is 5.32 Å². The summed E-state index contributed by atoms with van der Waals surface area (Å²) in [6.45, 7) is 4.12. The second-order valence-electron chi connectivity index (χ2n) is 3.77. The fourth-order valence-electron chi connectivity index (χ4n) is 1.54. The van der Waals surface area contributed by atoms with Crippen molar-refractivity contribution in [3.8, 4) is 0 Å². The largest absolute Gasteiger partial charge is 0.498 e. The Morgan fingerprint density at radius 2 is 2.33 bits per heavy atom. The molecule has 0 atom stereocenters. The Labute approximate surface area is 97.8 Å². The van der Waals surface area contributed by atoms with E-state index in [1.165, 1.54) is 37.2 Å². The van der Waals surface area contributed by atoms with Crippen molar-refractivity contribution in [3.05, 3.63) is 11.8 Å². The van der Waals surface area contributed by atoms with Gasteiger partial charge < -0.3 is 10.1 Å². The molecule has 0 amide bonds. The van der Waals surface area contributed by atoms with Gasteiger partial charge in [-0.1, -0.05) is 6.92 Å². The van der Waals surface area contributed by atoms with Crippen LogP contribution >= 0.6 is 11.8 Å². The second kappa shape index (κ2) is 9.10. The summed E-state index contributed by atoms with van der Waals surface area (Å²) in [5.41, 5.74) is 0. The summed E-state index contributed by atoms with van der Waals surface area (Å²) in [5, 5.41) is 3.31. The van der Waals surface area contributed by atoms with Crippen LogP contribution in [-0.2, 0) is 4.74 Å². The van der Waals surface area contributed by atoms with Gasteiger partial charge in [0, 0.05) is 18.1 Å². The molecule has 1 rings (SSSR count). The predicted molar refractivity (Wildman–Crippen MR) is 68.1 cm³/mol. The van der Waals surface area contributed by atoms with E-state index in [-0.39, 0.29) is 0 Å². The SMILES string of the molecule is CCNCSCCC1=CCCCCCO1. The van der Waals surface area contributed by atoms with Gasteiger partial charge in [0.1, 0.15) is 0 Å². The quantitative estimate of drug-likeness (QED) is 0.558. The van der Waals surface area contributed by atoms with E-state index in [9.17, 15) is 0 Å². The van der Waals surface area contributed by atoms with Crippen LogP contribution in [0.3, 0.4) is 0 Å². The summed E-state index contributed by atoms with van der Waals surface area (Å²) >= 11 is 1.95. The van der Waals surface area contributed by atoms with Crippen molar-refractivity contribution in [3.63, 3.8) is 0 Å². The van der Waals surface area contributed by atoms with E-state index in [0.717, 1.165) is 25.4 Å². The average Bonchev–Trinajstić information content (AvgIpc) is 2.20. The van der Waals surface area contributed by atoms with Gasteiger partial charge in [0.2, 0.25) is 0 Å². The van der Waals surface area contributed by atoms with Crippen LogP contribution in [0.25, 0.3) is 0 Å². The standard InChI is InChI=1S/C12H23NOS/c1-2-13-11-15-10-8-12-7-5-3-4-6-9-14-12/h7,13H,2-6,8-11H2,1H3. The molecular formula is C12H23NOS. The van der Waals surface area contributed by atoms with E-state index in [0.29, 0.717) is 0 Å². The van der Waals surface area contributed by atoms with Gasteiger partial charge in [-0.05, 0) is 38.3 Å². The maximum absolute atomic E-state index is 5.72. The number of allylic oxidation sites excluding steroid dienone is 2. The highest BCUT2D eigenvalue weighted by Gasteiger charge is 2.02. The zero-order valence-electron chi connectivity index (χ0n) is 9.76. The molecule has 0 unspecified atom stereocenters. The Morgan fingerprint density at radius 1 is 1.40 bits per heavy atom. The molecular weight excluding hydrogens is 206 g/mol. The summed E-state index contributed by atoms with van der Waals surface area (Å²) in [7, 11) is 0. The minimum atomic E-state index is 0.920. The molecule has 1 N–H and O–H groups in total. The van der Waals surface area contributed by atoms with Gasteiger partial charge in [-0.2, -0.15) is 0 Å². The topological polar surface area (TPSA) is 21.3 Å². The van der Waals surface area contributed by atoms with Crippen molar-refractivity contribution in [2.24, 2.45) is 0 Å². The molecule has 1 aliphatic rings. The first-order valence-electron chi connectivity index (χ1n) is 6.03. The number of nitrogens with one attached hydrogen (secondary N) is 1. The van der Waals surface area contributed by atoms with Crippen molar-refractivity contribution >= 4 is 11.8 Å². The van der Waals surface area contributed by atoms with Crippen LogP contribution in [0.1, 0.15) is 39.0 Å². The van der Waals surface area contributed by atoms with Crippen LogP contribution in [-0.4, -0.2) is 24.8 Å². The second-order valence-corrected chi connectivity index (χ2v) is 4.88. The van der Waals surface area contributed by atoms with Crippen molar-refractivity contribution in [1.82, 2.24) is 5.32 Å². The van der Waals surface area contributed by atoms with E-state index < -0.39 is 0 Å². The summed E-state index contributed by atoms with van der Waals surface area (Å²) in [6, 6.07) is 0. The first-order valence-corrected chi connectivity index (χ1v) is 7.19. The Morgan fingerprint density at radius 3 is 3.20 bits per heavy atom. The highest BCUT2D eigenvalue weighted by atomic mass is 32.2. The summed E-state index contributed by atoms with van der Waals surface area (Å²) in [5.74, 6) is 3.45. The minimum Gasteiger partial charge on any atom is -0.498 e. The van der Waals surface area contributed by atoms with Crippen LogP contribution in [0, 0.1) is 0 Å². The van der Waals surface area contributed by atoms with Crippen LogP contribution in [0.5, 0.6) is 0 Å². The molecule has 3 heteroatoms. The highest BCUT2D eigenvalue weighted by molar-refractivity contribution is 7.99. The molecule has 1 aliphatic heterocycles. The molecule has 2 nitrogen and oxygen atoms in total. The molecule has 0 saturated carbocycles. The number of hydrogen-bond acceptors (Lipinski definition) is 3. The molecule has 1 heterocycles. The number of rotatable bonds is 6. The Bertz CT molecular complexity index is 182. The first kappa shape index (κ1) is 12.9.